The molecule has 1 aromatic rings. The van der Waals surface area contributed by atoms with Crippen molar-refractivity contribution in [3.8, 4) is 5.75 Å². The summed E-state index contributed by atoms with van der Waals surface area (Å²) in [5, 5.41) is 23.7. The highest BCUT2D eigenvalue weighted by Crippen LogP contribution is 2.52. The number of para-hydroxylation sites is 1. The van der Waals surface area contributed by atoms with Gasteiger partial charge in [0.1, 0.15) is 11.9 Å². The lowest BCUT2D eigenvalue weighted by Crippen LogP contribution is -2.22. The van der Waals surface area contributed by atoms with Crippen LogP contribution in [0.25, 0.3) is 0 Å². The molecule has 2 aliphatic rings. The van der Waals surface area contributed by atoms with Gasteiger partial charge in [0.2, 0.25) is 5.91 Å². The van der Waals surface area contributed by atoms with Crippen LogP contribution in [0.15, 0.2) is 30.4 Å². The van der Waals surface area contributed by atoms with Crippen LogP contribution in [0.3, 0.4) is 0 Å². The van der Waals surface area contributed by atoms with Crippen molar-refractivity contribution in [1.82, 2.24) is 5.32 Å². The number of hydrogen-bond acceptors (Lipinski definition) is 4. The van der Waals surface area contributed by atoms with Gasteiger partial charge in [0.05, 0.1) is 12.2 Å². The van der Waals surface area contributed by atoms with Crippen LogP contribution in [0, 0.1) is 5.92 Å². The molecule has 1 fully saturated rings. The van der Waals surface area contributed by atoms with E-state index < -0.39 is 12.2 Å². The fourth-order valence-electron chi connectivity index (χ4n) is 4.85. The molecular formula is C25H37NO4. The summed E-state index contributed by atoms with van der Waals surface area (Å²) < 4.78 is 6.30. The lowest BCUT2D eigenvalue weighted by atomic mass is 9.86. The van der Waals surface area contributed by atoms with Gasteiger partial charge in [0, 0.05) is 36.8 Å². The first-order chi connectivity index (χ1) is 14.5. The maximum absolute atomic E-state index is 11.7. The van der Waals surface area contributed by atoms with Crippen LogP contribution < -0.4 is 10.1 Å². The third kappa shape index (κ3) is 5.44. The van der Waals surface area contributed by atoms with Gasteiger partial charge >= 0.3 is 0 Å². The van der Waals surface area contributed by atoms with Crippen molar-refractivity contribution >= 4 is 5.91 Å². The average Bonchev–Trinajstić information content (AvgIpc) is 3.22. The maximum Gasteiger partial charge on any atom is 0.219 e. The van der Waals surface area contributed by atoms with Crippen LogP contribution >= 0.6 is 0 Å². The normalized spacial score (nSPS) is 25.7. The first-order valence-corrected chi connectivity index (χ1v) is 11.6. The Hall–Kier alpha value is -1.85. The predicted molar refractivity (Wildman–Crippen MR) is 119 cm³/mol. The number of unbranched alkanes of at least 4 members (excludes halogenated alkanes) is 2. The van der Waals surface area contributed by atoms with Gasteiger partial charge in [0.15, 0.2) is 0 Å². The maximum atomic E-state index is 11.7. The van der Waals surface area contributed by atoms with Gasteiger partial charge in [-0.05, 0) is 31.7 Å². The Bertz CT molecular complexity index is 732. The molecule has 3 rings (SSSR count). The fourth-order valence-corrected chi connectivity index (χ4v) is 4.85. The zero-order chi connectivity index (χ0) is 21.5. The van der Waals surface area contributed by atoms with Gasteiger partial charge < -0.3 is 20.3 Å². The first kappa shape index (κ1) is 22.8. The molecule has 0 spiro atoms. The topological polar surface area (TPSA) is 78.8 Å². The number of hydrogen-bond donors (Lipinski definition) is 3. The Labute approximate surface area is 180 Å². The summed E-state index contributed by atoms with van der Waals surface area (Å²) in [5.41, 5.74) is 2.30. The molecule has 1 aliphatic carbocycles. The molecule has 0 bridgehead atoms. The number of benzene rings is 1. The van der Waals surface area contributed by atoms with Crippen molar-refractivity contribution in [3.63, 3.8) is 0 Å². The molecule has 3 N–H and O–H groups in total. The molecule has 30 heavy (non-hydrogen) atoms. The SMILES string of the molecule is CCCCC[C@H](O)/C=C/[C@@H]1[C@H]2c3cccc(CCCC(=O)NCC)c3O[C@H]2C[C@H]1O. The molecule has 1 amide bonds. The van der Waals surface area contributed by atoms with Crippen LogP contribution in [0.1, 0.15) is 75.8 Å². The average molecular weight is 416 g/mol. The summed E-state index contributed by atoms with van der Waals surface area (Å²) in [6.45, 7) is 4.75. The molecule has 5 heteroatoms. The number of ether oxygens (including phenoxy) is 1. The standard InChI is InChI=1S/C25H37NO4/c1-3-5-6-11-18(27)14-15-19-21(28)16-22-24(19)20-12-7-9-17(25(20)30-22)10-8-13-23(29)26-4-2/h7,9,12,14-15,18-19,21-22,24,27-28H,3-6,8,10-11,13,16H2,1-2H3,(H,26,29)/b15-14+/t18-,19-,21+,22-,24-/m0/s1. The third-order valence-corrected chi connectivity index (χ3v) is 6.37. The summed E-state index contributed by atoms with van der Waals surface area (Å²) in [5.74, 6) is 1.12. The number of amides is 1. The predicted octanol–water partition coefficient (Wildman–Crippen LogP) is 3.87. The molecule has 1 aromatic carbocycles. The van der Waals surface area contributed by atoms with E-state index in [1.807, 2.05) is 19.1 Å². The largest absolute Gasteiger partial charge is 0.489 e. The number of carbonyl (C=O) groups excluding carboxylic acids is 1. The number of aliphatic hydroxyl groups excluding tert-OH is 2. The molecule has 5 nitrogen and oxygen atoms in total. The number of carbonyl (C=O) groups is 1. The molecule has 0 saturated heterocycles. The van der Waals surface area contributed by atoms with Crippen molar-refractivity contribution in [1.29, 1.82) is 0 Å². The smallest absolute Gasteiger partial charge is 0.219 e. The van der Waals surface area contributed by atoms with Crippen LogP contribution in [-0.4, -0.2) is 41.0 Å². The van der Waals surface area contributed by atoms with Gasteiger partial charge in [-0.25, -0.2) is 0 Å². The summed E-state index contributed by atoms with van der Waals surface area (Å²) in [6, 6.07) is 6.23. The van der Waals surface area contributed by atoms with Crippen molar-refractivity contribution in [2.45, 2.75) is 89.4 Å². The minimum atomic E-state index is -0.454. The number of rotatable bonds is 11. The second-order valence-corrected chi connectivity index (χ2v) is 8.65. The summed E-state index contributed by atoms with van der Waals surface area (Å²) in [6.07, 6.45) is 9.72. The molecule has 1 heterocycles. The molecule has 0 unspecified atom stereocenters. The van der Waals surface area contributed by atoms with E-state index in [-0.39, 0.29) is 23.8 Å². The zero-order valence-corrected chi connectivity index (χ0v) is 18.3. The highest BCUT2D eigenvalue weighted by Gasteiger charge is 2.48. The Morgan fingerprint density at radius 1 is 1.30 bits per heavy atom. The van der Waals surface area contributed by atoms with Crippen LogP contribution in [0.4, 0.5) is 0 Å². The van der Waals surface area contributed by atoms with E-state index >= 15 is 0 Å². The highest BCUT2D eigenvalue weighted by atomic mass is 16.5. The van der Waals surface area contributed by atoms with E-state index in [1.165, 1.54) is 0 Å². The minimum absolute atomic E-state index is 0.0218. The molecule has 5 atom stereocenters. The van der Waals surface area contributed by atoms with Gasteiger partial charge in [0.25, 0.3) is 0 Å². The molecular weight excluding hydrogens is 378 g/mol. The van der Waals surface area contributed by atoms with Crippen molar-refractivity contribution in [2.75, 3.05) is 6.54 Å². The van der Waals surface area contributed by atoms with E-state index in [9.17, 15) is 15.0 Å². The first-order valence-electron chi connectivity index (χ1n) is 11.6. The third-order valence-electron chi connectivity index (χ3n) is 6.37. The van der Waals surface area contributed by atoms with E-state index in [0.717, 1.165) is 55.4 Å². The van der Waals surface area contributed by atoms with Crippen LogP contribution in [0.2, 0.25) is 0 Å². The fraction of sp³-hybridized carbons (Fsp3) is 0.640. The Kier molecular flexibility index (Phi) is 8.34. The van der Waals surface area contributed by atoms with E-state index in [0.29, 0.717) is 19.4 Å². The molecule has 1 saturated carbocycles. The van der Waals surface area contributed by atoms with Gasteiger partial charge in [-0.3, -0.25) is 4.79 Å². The minimum Gasteiger partial charge on any atom is -0.489 e. The second kappa shape index (κ2) is 11.0. The van der Waals surface area contributed by atoms with E-state index in [1.54, 1.807) is 0 Å². The van der Waals surface area contributed by atoms with Crippen molar-refractivity contribution in [3.05, 3.63) is 41.5 Å². The molecule has 0 aromatic heterocycles. The number of nitrogens with one attached hydrogen (secondary N) is 1. The lowest BCUT2D eigenvalue weighted by molar-refractivity contribution is -0.121. The molecule has 0 radical (unpaired) electrons. The highest BCUT2D eigenvalue weighted by molar-refractivity contribution is 5.75. The number of aliphatic hydroxyl groups is 2. The Morgan fingerprint density at radius 2 is 2.13 bits per heavy atom. The van der Waals surface area contributed by atoms with Crippen LogP contribution in [-0.2, 0) is 11.2 Å². The number of fused-ring (bicyclic) bond motifs is 3. The second-order valence-electron chi connectivity index (χ2n) is 8.65. The van der Waals surface area contributed by atoms with Gasteiger partial charge in [-0.15, -0.1) is 0 Å². The summed E-state index contributed by atoms with van der Waals surface area (Å²) in [7, 11) is 0. The van der Waals surface area contributed by atoms with Gasteiger partial charge in [-0.2, -0.15) is 0 Å². The van der Waals surface area contributed by atoms with Crippen molar-refractivity contribution < 1.29 is 19.7 Å². The number of aryl methyl sites for hydroxylation is 1. The van der Waals surface area contributed by atoms with Gasteiger partial charge in [-0.1, -0.05) is 56.5 Å². The van der Waals surface area contributed by atoms with E-state index in [4.69, 9.17) is 4.74 Å². The lowest BCUT2D eigenvalue weighted by Gasteiger charge is -2.18. The Morgan fingerprint density at radius 3 is 2.90 bits per heavy atom. The summed E-state index contributed by atoms with van der Waals surface area (Å²) >= 11 is 0. The summed E-state index contributed by atoms with van der Waals surface area (Å²) in [4.78, 5) is 11.7. The van der Waals surface area contributed by atoms with Crippen molar-refractivity contribution in [2.24, 2.45) is 5.92 Å². The molecule has 1 aliphatic heterocycles. The quantitative estimate of drug-likeness (QED) is 0.379. The molecule has 166 valence electrons. The zero-order valence-electron chi connectivity index (χ0n) is 18.3. The van der Waals surface area contributed by atoms with E-state index in [2.05, 4.69) is 30.4 Å². The monoisotopic (exact) mass is 415 g/mol. The Balaban J connectivity index is 1.66. The van der Waals surface area contributed by atoms with Crippen LogP contribution in [0.5, 0.6) is 5.75 Å².